The normalized spacial score (nSPS) is 20.0. The van der Waals surface area contributed by atoms with E-state index in [1.165, 1.54) is 12.0 Å². The van der Waals surface area contributed by atoms with Crippen molar-refractivity contribution >= 4 is 5.82 Å². The summed E-state index contributed by atoms with van der Waals surface area (Å²) >= 11 is 0. The van der Waals surface area contributed by atoms with Crippen molar-refractivity contribution in [1.82, 2.24) is 9.55 Å². The number of fused-ring (bicyclic) bond motifs is 1. The van der Waals surface area contributed by atoms with Crippen molar-refractivity contribution < 1.29 is 0 Å². The summed E-state index contributed by atoms with van der Waals surface area (Å²) in [6, 6.07) is 10.5. The standard InChI is InChI=1S/C16H21N3/c1-11-8-9-19-14(10-11)18-15(16(19)17)12(2)13-6-4-3-5-7-13/h3-7,11-12H,8-10,17H2,1-2H3. The van der Waals surface area contributed by atoms with E-state index in [1.807, 2.05) is 6.07 Å². The molecule has 19 heavy (non-hydrogen) atoms. The zero-order valence-electron chi connectivity index (χ0n) is 11.6. The van der Waals surface area contributed by atoms with Crippen LogP contribution in [0.15, 0.2) is 30.3 Å². The van der Waals surface area contributed by atoms with E-state index in [4.69, 9.17) is 10.7 Å². The lowest BCUT2D eigenvalue weighted by Crippen LogP contribution is -2.18. The van der Waals surface area contributed by atoms with Gasteiger partial charge in [-0.1, -0.05) is 44.2 Å². The van der Waals surface area contributed by atoms with Crippen LogP contribution in [0.4, 0.5) is 5.82 Å². The molecule has 0 radical (unpaired) electrons. The monoisotopic (exact) mass is 255 g/mol. The highest BCUT2D eigenvalue weighted by Gasteiger charge is 2.24. The van der Waals surface area contributed by atoms with Gasteiger partial charge >= 0.3 is 0 Å². The van der Waals surface area contributed by atoms with Crippen molar-refractivity contribution in [1.29, 1.82) is 0 Å². The van der Waals surface area contributed by atoms with Crippen molar-refractivity contribution in [3.8, 4) is 0 Å². The number of nitrogen functional groups attached to an aromatic ring is 1. The minimum Gasteiger partial charge on any atom is -0.384 e. The van der Waals surface area contributed by atoms with Crippen LogP contribution in [-0.2, 0) is 13.0 Å². The molecule has 2 unspecified atom stereocenters. The van der Waals surface area contributed by atoms with Gasteiger partial charge in [-0.15, -0.1) is 0 Å². The molecule has 2 atom stereocenters. The maximum atomic E-state index is 6.31. The molecule has 0 fully saturated rings. The third-order valence-corrected chi connectivity index (χ3v) is 4.20. The van der Waals surface area contributed by atoms with Gasteiger partial charge in [0.1, 0.15) is 11.6 Å². The molecule has 0 aliphatic carbocycles. The van der Waals surface area contributed by atoms with Gasteiger partial charge in [0.05, 0.1) is 5.69 Å². The Bertz CT molecular complexity index is 571. The van der Waals surface area contributed by atoms with E-state index in [2.05, 4.69) is 42.7 Å². The molecule has 0 saturated heterocycles. The summed E-state index contributed by atoms with van der Waals surface area (Å²) in [5, 5.41) is 0. The van der Waals surface area contributed by atoms with E-state index < -0.39 is 0 Å². The fourth-order valence-corrected chi connectivity index (χ4v) is 2.92. The molecule has 2 aromatic rings. The summed E-state index contributed by atoms with van der Waals surface area (Å²) < 4.78 is 2.20. The first-order chi connectivity index (χ1) is 9.16. The van der Waals surface area contributed by atoms with E-state index in [0.717, 1.165) is 30.3 Å². The number of benzene rings is 1. The Balaban J connectivity index is 1.98. The molecule has 0 saturated carbocycles. The van der Waals surface area contributed by atoms with Crippen LogP contribution >= 0.6 is 0 Å². The van der Waals surface area contributed by atoms with Crippen LogP contribution in [0.3, 0.4) is 0 Å². The number of hydrogen-bond donors (Lipinski definition) is 1. The van der Waals surface area contributed by atoms with Crippen LogP contribution in [0.1, 0.15) is 43.3 Å². The number of aromatic nitrogens is 2. The van der Waals surface area contributed by atoms with Crippen LogP contribution in [0.2, 0.25) is 0 Å². The molecule has 100 valence electrons. The van der Waals surface area contributed by atoms with Gasteiger partial charge in [0.15, 0.2) is 0 Å². The van der Waals surface area contributed by atoms with Crippen LogP contribution in [0, 0.1) is 5.92 Å². The third kappa shape index (κ3) is 2.14. The Labute approximate surface area is 114 Å². The van der Waals surface area contributed by atoms with Crippen LogP contribution in [0.5, 0.6) is 0 Å². The molecular weight excluding hydrogens is 234 g/mol. The zero-order valence-corrected chi connectivity index (χ0v) is 11.6. The zero-order chi connectivity index (χ0) is 13.4. The second-order valence-electron chi connectivity index (χ2n) is 5.68. The predicted molar refractivity (Wildman–Crippen MR) is 78.1 cm³/mol. The minimum absolute atomic E-state index is 0.259. The lowest BCUT2D eigenvalue weighted by Gasteiger charge is -2.20. The summed E-state index contributed by atoms with van der Waals surface area (Å²) in [7, 11) is 0. The lowest BCUT2D eigenvalue weighted by molar-refractivity contribution is 0.412. The van der Waals surface area contributed by atoms with Crippen LogP contribution < -0.4 is 5.73 Å². The maximum absolute atomic E-state index is 6.31. The van der Waals surface area contributed by atoms with E-state index in [0.29, 0.717) is 5.92 Å². The Morgan fingerprint density at radius 2 is 2.05 bits per heavy atom. The Kier molecular flexibility index (Phi) is 3.05. The molecule has 3 nitrogen and oxygen atoms in total. The van der Waals surface area contributed by atoms with Gasteiger partial charge in [-0.25, -0.2) is 4.98 Å². The minimum atomic E-state index is 0.259. The van der Waals surface area contributed by atoms with Crippen molar-refractivity contribution in [3.63, 3.8) is 0 Å². The number of rotatable bonds is 2. The molecule has 0 spiro atoms. The second-order valence-corrected chi connectivity index (χ2v) is 5.68. The average Bonchev–Trinajstić information content (AvgIpc) is 2.75. The van der Waals surface area contributed by atoms with Crippen molar-refractivity contribution in [2.75, 3.05) is 5.73 Å². The van der Waals surface area contributed by atoms with Crippen molar-refractivity contribution in [3.05, 3.63) is 47.4 Å². The largest absolute Gasteiger partial charge is 0.384 e. The smallest absolute Gasteiger partial charge is 0.127 e. The predicted octanol–water partition coefficient (Wildman–Crippen LogP) is 3.20. The first-order valence-corrected chi connectivity index (χ1v) is 7.06. The molecule has 2 N–H and O–H groups in total. The molecule has 0 bridgehead atoms. The number of nitrogens with two attached hydrogens (primary N) is 1. The molecule has 3 rings (SSSR count). The number of hydrogen-bond acceptors (Lipinski definition) is 2. The van der Waals surface area contributed by atoms with Gasteiger partial charge in [0.25, 0.3) is 0 Å². The van der Waals surface area contributed by atoms with Gasteiger partial charge < -0.3 is 10.3 Å². The van der Waals surface area contributed by atoms with E-state index in [-0.39, 0.29) is 5.92 Å². The maximum Gasteiger partial charge on any atom is 0.127 e. The third-order valence-electron chi connectivity index (χ3n) is 4.20. The molecular formula is C16H21N3. The summed E-state index contributed by atoms with van der Waals surface area (Å²) in [5.41, 5.74) is 8.62. The van der Waals surface area contributed by atoms with Gasteiger partial charge in [0.2, 0.25) is 0 Å². The van der Waals surface area contributed by atoms with E-state index in [1.54, 1.807) is 0 Å². The van der Waals surface area contributed by atoms with Gasteiger partial charge in [-0.2, -0.15) is 0 Å². The summed E-state index contributed by atoms with van der Waals surface area (Å²) in [6.45, 7) is 5.48. The molecule has 3 heteroatoms. The fraction of sp³-hybridized carbons (Fsp3) is 0.438. The topological polar surface area (TPSA) is 43.8 Å². The Morgan fingerprint density at radius 3 is 2.79 bits per heavy atom. The summed E-state index contributed by atoms with van der Waals surface area (Å²) in [6.07, 6.45) is 2.25. The first-order valence-electron chi connectivity index (χ1n) is 7.06. The summed E-state index contributed by atoms with van der Waals surface area (Å²) in [4.78, 5) is 4.81. The van der Waals surface area contributed by atoms with E-state index in [9.17, 15) is 0 Å². The highest BCUT2D eigenvalue weighted by Crippen LogP contribution is 2.31. The van der Waals surface area contributed by atoms with Gasteiger partial charge in [0, 0.05) is 18.9 Å². The highest BCUT2D eigenvalue weighted by atomic mass is 15.1. The lowest BCUT2D eigenvalue weighted by atomic mass is 9.98. The van der Waals surface area contributed by atoms with Crippen molar-refractivity contribution in [2.45, 2.75) is 39.2 Å². The SMILES string of the molecule is CC1CCn2c(nc(C(C)c3ccccc3)c2N)C1. The molecule has 1 aliphatic heterocycles. The second kappa shape index (κ2) is 4.72. The average molecular weight is 255 g/mol. The van der Waals surface area contributed by atoms with Crippen molar-refractivity contribution in [2.24, 2.45) is 5.92 Å². The van der Waals surface area contributed by atoms with Crippen LogP contribution in [-0.4, -0.2) is 9.55 Å². The molecule has 1 aromatic heterocycles. The van der Waals surface area contributed by atoms with Gasteiger partial charge in [-0.05, 0) is 17.9 Å². The number of anilines is 1. The Morgan fingerprint density at radius 1 is 1.32 bits per heavy atom. The molecule has 0 amide bonds. The highest BCUT2D eigenvalue weighted by molar-refractivity contribution is 5.45. The van der Waals surface area contributed by atoms with E-state index >= 15 is 0 Å². The van der Waals surface area contributed by atoms with Gasteiger partial charge in [-0.3, -0.25) is 0 Å². The fourth-order valence-electron chi connectivity index (χ4n) is 2.92. The molecule has 1 aliphatic rings. The molecule has 2 heterocycles. The quantitative estimate of drug-likeness (QED) is 0.895. The Hall–Kier alpha value is -1.77. The number of imidazole rings is 1. The first kappa shape index (κ1) is 12.3. The van der Waals surface area contributed by atoms with Crippen LogP contribution in [0.25, 0.3) is 0 Å². The number of nitrogens with zero attached hydrogens (tertiary/aromatic N) is 2. The molecule has 1 aromatic carbocycles. The summed E-state index contributed by atoms with van der Waals surface area (Å²) in [5.74, 6) is 3.00.